The second-order valence-electron chi connectivity index (χ2n) is 6.35. The van der Waals surface area contributed by atoms with Gasteiger partial charge in [0.2, 0.25) is 5.91 Å². The first-order chi connectivity index (χ1) is 14.1. The van der Waals surface area contributed by atoms with Gasteiger partial charge < -0.3 is 20.3 Å². The van der Waals surface area contributed by atoms with Gasteiger partial charge in [-0.25, -0.2) is 4.79 Å². The van der Waals surface area contributed by atoms with Crippen molar-refractivity contribution >= 4 is 34.6 Å². The molecule has 0 aliphatic heterocycles. The molecule has 0 spiro atoms. The third-order valence-electron chi connectivity index (χ3n) is 4.45. The van der Waals surface area contributed by atoms with Crippen LogP contribution in [0.25, 0.3) is 0 Å². The lowest BCUT2D eigenvalue weighted by molar-refractivity contribution is -0.114. The molecule has 2 N–H and O–H groups in total. The topological polar surface area (TPSA) is 70.7 Å². The summed E-state index contributed by atoms with van der Waals surface area (Å²) in [7, 11) is 3.28. The molecule has 0 fully saturated rings. The minimum Gasteiger partial charge on any atom is -0.465 e. The molecule has 0 atom stereocenters. The van der Waals surface area contributed by atoms with E-state index in [1.54, 1.807) is 24.3 Å². The molecule has 6 heteroatoms. The summed E-state index contributed by atoms with van der Waals surface area (Å²) in [5.74, 6) is -0.762. The highest BCUT2D eigenvalue weighted by atomic mass is 16.5. The summed E-state index contributed by atoms with van der Waals surface area (Å²) in [6.07, 6.45) is 0. The molecule has 0 aromatic heterocycles. The maximum atomic E-state index is 12.5. The van der Waals surface area contributed by atoms with Gasteiger partial charge in [-0.3, -0.25) is 4.79 Å². The van der Waals surface area contributed by atoms with Gasteiger partial charge >= 0.3 is 5.97 Å². The van der Waals surface area contributed by atoms with E-state index in [2.05, 4.69) is 10.6 Å². The van der Waals surface area contributed by atoms with E-state index in [-0.39, 0.29) is 12.5 Å². The molecule has 0 heterocycles. The number of ether oxygens (including phenoxy) is 1. The van der Waals surface area contributed by atoms with E-state index in [0.717, 1.165) is 17.1 Å². The van der Waals surface area contributed by atoms with Crippen LogP contribution >= 0.6 is 0 Å². The zero-order chi connectivity index (χ0) is 20.6. The second-order valence-corrected chi connectivity index (χ2v) is 6.35. The van der Waals surface area contributed by atoms with Crippen LogP contribution in [0, 0.1) is 0 Å². The lowest BCUT2D eigenvalue weighted by atomic mass is 10.2. The summed E-state index contributed by atoms with van der Waals surface area (Å²) < 4.78 is 4.76. The van der Waals surface area contributed by atoms with E-state index in [4.69, 9.17) is 4.74 Å². The van der Waals surface area contributed by atoms with Gasteiger partial charge in [0.1, 0.15) is 0 Å². The number of anilines is 4. The molecular weight excluding hydrogens is 366 g/mol. The minimum absolute atomic E-state index is 0.0507. The Morgan fingerprint density at radius 2 is 1.48 bits per heavy atom. The monoisotopic (exact) mass is 389 g/mol. The number of nitrogens with one attached hydrogen (secondary N) is 2. The van der Waals surface area contributed by atoms with Crippen LogP contribution < -0.4 is 15.5 Å². The lowest BCUT2D eigenvalue weighted by Gasteiger charge is -2.23. The van der Waals surface area contributed by atoms with E-state index in [9.17, 15) is 9.59 Å². The van der Waals surface area contributed by atoms with Crippen molar-refractivity contribution in [1.29, 1.82) is 0 Å². The number of methoxy groups -OCH3 is 1. The van der Waals surface area contributed by atoms with Gasteiger partial charge in [-0.15, -0.1) is 0 Å². The summed E-state index contributed by atoms with van der Waals surface area (Å²) in [6, 6.07) is 24.5. The molecule has 3 rings (SSSR count). The highest BCUT2D eigenvalue weighted by Gasteiger charge is 2.14. The third-order valence-corrected chi connectivity index (χ3v) is 4.45. The largest absolute Gasteiger partial charge is 0.465 e. The molecular formula is C23H23N3O3. The zero-order valence-corrected chi connectivity index (χ0v) is 16.4. The number of hydrogen-bond acceptors (Lipinski definition) is 5. The average molecular weight is 389 g/mol. The second kappa shape index (κ2) is 9.41. The van der Waals surface area contributed by atoms with Crippen molar-refractivity contribution in [3.63, 3.8) is 0 Å². The molecule has 6 nitrogen and oxygen atoms in total. The number of amides is 1. The van der Waals surface area contributed by atoms with Crippen LogP contribution in [0.15, 0.2) is 78.9 Å². The van der Waals surface area contributed by atoms with Crippen LogP contribution in [0.5, 0.6) is 0 Å². The average Bonchev–Trinajstić information content (AvgIpc) is 2.78. The molecule has 3 aromatic rings. The first-order valence-corrected chi connectivity index (χ1v) is 9.19. The van der Waals surface area contributed by atoms with E-state index in [0.29, 0.717) is 11.3 Å². The number of para-hydroxylation sites is 4. The summed E-state index contributed by atoms with van der Waals surface area (Å²) in [5.41, 5.74) is 3.54. The van der Waals surface area contributed by atoms with E-state index >= 15 is 0 Å². The SMILES string of the molecule is COC(=O)c1ccccc1NC(=O)CNc1ccccc1N(C)c1ccccc1. The Bertz CT molecular complexity index is 989. The molecule has 1 amide bonds. The van der Waals surface area contributed by atoms with Crippen molar-refractivity contribution < 1.29 is 14.3 Å². The molecule has 0 saturated heterocycles. The normalized spacial score (nSPS) is 10.1. The van der Waals surface area contributed by atoms with E-state index in [1.165, 1.54) is 7.11 Å². The molecule has 0 bridgehead atoms. The van der Waals surface area contributed by atoms with E-state index < -0.39 is 5.97 Å². The standard InChI is InChI=1S/C23H23N3O3/c1-26(17-10-4-3-5-11-17)21-15-9-8-14-20(21)24-16-22(27)25-19-13-7-6-12-18(19)23(28)29-2/h3-15,24H,16H2,1-2H3,(H,25,27). The van der Waals surface area contributed by atoms with Crippen molar-refractivity contribution in [2.45, 2.75) is 0 Å². The fourth-order valence-corrected chi connectivity index (χ4v) is 2.96. The Balaban J connectivity index is 1.70. The van der Waals surface area contributed by atoms with E-state index in [1.807, 2.05) is 66.5 Å². The Morgan fingerprint density at radius 3 is 2.21 bits per heavy atom. The number of esters is 1. The number of carbonyl (C=O) groups is 2. The maximum Gasteiger partial charge on any atom is 0.339 e. The molecule has 0 saturated carbocycles. The van der Waals surface area contributed by atoms with Crippen molar-refractivity contribution in [2.24, 2.45) is 0 Å². The molecule has 0 aliphatic rings. The number of hydrogen-bond donors (Lipinski definition) is 2. The van der Waals surface area contributed by atoms with Gasteiger partial charge in [0.25, 0.3) is 0 Å². The number of rotatable bonds is 7. The molecule has 29 heavy (non-hydrogen) atoms. The van der Waals surface area contributed by atoms with Gasteiger partial charge in [-0.2, -0.15) is 0 Å². The third kappa shape index (κ3) is 4.93. The molecule has 0 radical (unpaired) electrons. The summed E-state index contributed by atoms with van der Waals surface area (Å²) in [5, 5.41) is 5.94. The van der Waals surface area contributed by atoms with Crippen molar-refractivity contribution in [2.75, 3.05) is 36.2 Å². The number of carbonyl (C=O) groups excluding carboxylic acids is 2. The first-order valence-electron chi connectivity index (χ1n) is 9.19. The van der Waals surface area contributed by atoms with Gasteiger partial charge in [-0.1, -0.05) is 42.5 Å². The van der Waals surface area contributed by atoms with Crippen molar-refractivity contribution in [1.82, 2.24) is 0 Å². The Kier molecular flexibility index (Phi) is 6.47. The molecule has 0 aliphatic carbocycles. The van der Waals surface area contributed by atoms with Crippen LogP contribution in [0.1, 0.15) is 10.4 Å². The highest BCUT2D eigenvalue weighted by molar-refractivity contribution is 6.02. The Labute approximate surface area is 170 Å². The van der Waals surface area contributed by atoms with Crippen LogP contribution in [0.3, 0.4) is 0 Å². The fourth-order valence-electron chi connectivity index (χ4n) is 2.96. The predicted octanol–water partition coefficient (Wildman–Crippen LogP) is 4.29. The highest BCUT2D eigenvalue weighted by Crippen LogP contribution is 2.30. The minimum atomic E-state index is -0.497. The van der Waals surface area contributed by atoms with Crippen molar-refractivity contribution in [3.8, 4) is 0 Å². The fraction of sp³-hybridized carbons (Fsp3) is 0.130. The van der Waals surface area contributed by atoms with Gasteiger partial charge in [0.15, 0.2) is 0 Å². The van der Waals surface area contributed by atoms with Crippen molar-refractivity contribution in [3.05, 3.63) is 84.4 Å². The van der Waals surface area contributed by atoms with Gasteiger partial charge in [0, 0.05) is 12.7 Å². The molecule has 0 unspecified atom stereocenters. The summed E-state index contributed by atoms with van der Waals surface area (Å²) >= 11 is 0. The number of nitrogens with zero attached hydrogens (tertiary/aromatic N) is 1. The van der Waals surface area contributed by atoms with Crippen LogP contribution in [-0.4, -0.2) is 32.6 Å². The zero-order valence-electron chi connectivity index (χ0n) is 16.4. The van der Waals surface area contributed by atoms with Gasteiger partial charge in [-0.05, 0) is 36.4 Å². The Hall–Kier alpha value is -3.80. The van der Waals surface area contributed by atoms with Crippen LogP contribution in [0.2, 0.25) is 0 Å². The first kappa shape index (κ1) is 19.9. The number of benzene rings is 3. The predicted molar refractivity (Wildman–Crippen MR) is 116 cm³/mol. The van der Waals surface area contributed by atoms with Crippen LogP contribution in [-0.2, 0) is 9.53 Å². The summed E-state index contributed by atoms with van der Waals surface area (Å²) in [6.45, 7) is 0.0507. The van der Waals surface area contributed by atoms with Crippen LogP contribution in [0.4, 0.5) is 22.7 Å². The lowest BCUT2D eigenvalue weighted by Crippen LogP contribution is -2.24. The summed E-state index contributed by atoms with van der Waals surface area (Å²) in [4.78, 5) is 26.4. The van der Waals surface area contributed by atoms with Gasteiger partial charge in [0.05, 0.1) is 36.3 Å². The maximum absolute atomic E-state index is 12.5. The molecule has 3 aromatic carbocycles. The Morgan fingerprint density at radius 1 is 0.862 bits per heavy atom. The smallest absolute Gasteiger partial charge is 0.339 e. The quantitative estimate of drug-likeness (QED) is 0.590. The molecule has 148 valence electrons.